The Hall–Kier alpha value is -1.67. The van der Waals surface area contributed by atoms with Gasteiger partial charge in [-0.1, -0.05) is 30.7 Å². The SMILES string of the molecule is C=C(C)CC(NCC)c1cc(C)c2ccccc2n1. The summed E-state index contributed by atoms with van der Waals surface area (Å²) in [5, 5.41) is 4.73. The third-order valence-corrected chi connectivity index (χ3v) is 3.30. The van der Waals surface area contributed by atoms with Crippen LogP contribution in [0.25, 0.3) is 10.9 Å². The molecule has 0 aliphatic rings. The van der Waals surface area contributed by atoms with Crippen molar-refractivity contribution >= 4 is 10.9 Å². The maximum atomic E-state index is 4.80. The van der Waals surface area contributed by atoms with Crippen LogP contribution in [0.3, 0.4) is 0 Å². The number of hydrogen-bond acceptors (Lipinski definition) is 2. The molecule has 1 heterocycles. The Morgan fingerprint density at radius 2 is 2.11 bits per heavy atom. The summed E-state index contributed by atoms with van der Waals surface area (Å²) in [6.45, 7) is 11.3. The monoisotopic (exact) mass is 254 g/mol. The van der Waals surface area contributed by atoms with E-state index in [4.69, 9.17) is 4.98 Å². The van der Waals surface area contributed by atoms with E-state index in [0.29, 0.717) is 0 Å². The number of aromatic nitrogens is 1. The first-order valence-electron chi connectivity index (χ1n) is 6.86. The fraction of sp³-hybridized carbons (Fsp3) is 0.353. The van der Waals surface area contributed by atoms with Gasteiger partial charge < -0.3 is 5.32 Å². The van der Waals surface area contributed by atoms with Gasteiger partial charge in [-0.15, -0.1) is 6.58 Å². The van der Waals surface area contributed by atoms with Gasteiger partial charge in [-0.2, -0.15) is 0 Å². The first kappa shape index (κ1) is 13.8. The molecule has 1 unspecified atom stereocenters. The summed E-state index contributed by atoms with van der Waals surface area (Å²) in [6, 6.07) is 10.8. The van der Waals surface area contributed by atoms with Gasteiger partial charge in [0.15, 0.2) is 0 Å². The van der Waals surface area contributed by atoms with Crippen LogP contribution in [0.4, 0.5) is 0 Å². The first-order valence-corrected chi connectivity index (χ1v) is 6.86. The number of pyridine rings is 1. The molecule has 0 saturated heterocycles. The molecule has 1 aromatic carbocycles. The Morgan fingerprint density at radius 3 is 2.79 bits per heavy atom. The van der Waals surface area contributed by atoms with Crippen LogP contribution in [0.1, 0.15) is 37.6 Å². The average molecular weight is 254 g/mol. The van der Waals surface area contributed by atoms with E-state index >= 15 is 0 Å². The van der Waals surface area contributed by atoms with E-state index in [1.807, 2.05) is 6.07 Å². The van der Waals surface area contributed by atoms with E-state index < -0.39 is 0 Å². The molecule has 2 rings (SSSR count). The summed E-state index contributed by atoms with van der Waals surface area (Å²) in [5.41, 5.74) is 4.65. The van der Waals surface area contributed by atoms with Gasteiger partial charge in [0, 0.05) is 5.39 Å². The fourth-order valence-electron chi connectivity index (χ4n) is 2.43. The second-order valence-corrected chi connectivity index (χ2v) is 5.15. The molecule has 19 heavy (non-hydrogen) atoms. The Labute approximate surface area is 115 Å². The van der Waals surface area contributed by atoms with E-state index in [1.165, 1.54) is 16.5 Å². The minimum atomic E-state index is 0.255. The van der Waals surface area contributed by atoms with Crippen LogP contribution < -0.4 is 5.32 Å². The van der Waals surface area contributed by atoms with Crippen molar-refractivity contribution in [3.05, 3.63) is 53.7 Å². The third-order valence-electron chi connectivity index (χ3n) is 3.30. The van der Waals surface area contributed by atoms with Crippen LogP contribution in [-0.2, 0) is 0 Å². The van der Waals surface area contributed by atoms with Crippen LogP contribution in [0.5, 0.6) is 0 Å². The van der Waals surface area contributed by atoms with Gasteiger partial charge in [0.25, 0.3) is 0 Å². The lowest BCUT2D eigenvalue weighted by molar-refractivity contribution is 0.536. The van der Waals surface area contributed by atoms with Gasteiger partial charge >= 0.3 is 0 Å². The summed E-state index contributed by atoms with van der Waals surface area (Å²) in [4.78, 5) is 4.80. The van der Waals surface area contributed by atoms with Crippen molar-refractivity contribution in [1.82, 2.24) is 10.3 Å². The van der Waals surface area contributed by atoms with E-state index in [1.54, 1.807) is 0 Å². The maximum Gasteiger partial charge on any atom is 0.0708 e. The second kappa shape index (κ2) is 5.98. The zero-order valence-electron chi connectivity index (χ0n) is 12.0. The first-order chi connectivity index (χ1) is 9.11. The highest BCUT2D eigenvalue weighted by atomic mass is 14.9. The average Bonchev–Trinajstić information content (AvgIpc) is 2.38. The van der Waals surface area contributed by atoms with Crippen LogP contribution in [0, 0.1) is 6.92 Å². The van der Waals surface area contributed by atoms with Gasteiger partial charge in [-0.3, -0.25) is 4.98 Å². The molecule has 0 bridgehead atoms. The molecule has 0 radical (unpaired) electrons. The number of aryl methyl sites for hydroxylation is 1. The van der Waals surface area contributed by atoms with Crippen molar-refractivity contribution in [3.63, 3.8) is 0 Å². The smallest absolute Gasteiger partial charge is 0.0708 e. The molecule has 0 aliphatic heterocycles. The van der Waals surface area contributed by atoms with Crippen molar-refractivity contribution in [2.75, 3.05) is 6.54 Å². The number of fused-ring (bicyclic) bond motifs is 1. The molecule has 0 aliphatic carbocycles. The van der Waals surface area contributed by atoms with Crippen molar-refractivity contribution < 1.29 is 0 Å². The number of para-hydroxylation sites is 1. The zero-order valence-corrected chi connectivity index (χ0v) is 12.0. The molecular weight excluding hydrogens is 232 g/mol. The Morgan fingerprint density at radius 1 is 1.37 bits per heavy atom. The van der Waals surface area contributed by atoms with Crippen LogP contribution >= 0.6 is 0 Å². The minimum absolute atomic E-state index is 0.255. The summed E-state index contributed by atoms with van der Waals surface area (Å²) in [7, 11) is 0. The highest BCUT2D eigenvalue weighted by Crippen LogP contribution is 2.24. The van der Waals surface area contributed by atoms with Gasteiger partial charge in [0.2, 0.25) is 0 Å². The van der Waals surface area contributed by atoms with Gasteiger partial charge in [-0.25, -0.2) is 0 Å². The highest BCUT2D eigenvalue weighted by molar-refractivity contribution is 5.82. The van der Waals surface area contributed by atoms with Gasteiger partial charge in [0.05, 0.1) is 17.3 Å². The Kier molecular flexibility index (Phi) is 4.33. The molecule has 0 saturated carbocycles. The van der Waals surface area contributed by atoms with Crippen molar-refractivity contribution in [2.45, 2.75) is 33.2 Å². The predicted molar refractivity (Wildman–Crippen MR) is 82.3 cm³/mol. The van der Waals surface area contributed by atoms with Crippen molar-refractivity contribution in [2.24, 2.45) is 0 Å². The number of benzene rings is 1. The number of nitrogens with one attached hydrogen (secondary N) is 1. The lowest BCUT2D eigenvalue weighted by Gasteiger charge is -2.18. The second-order valence-electron chi connectivity index (χ2n) is 5.15. The molecule has 2 aromatic rings. The predicted octanol–water partition coefficient (Wildman–Crippen LogP) is 4.16. The van der Waals surface area contributed by atoms with Crippen LogP contribution in [0.2, 0.25) is 0 Å². The molecule has 0 fully saturated rings. The lowest BCUT2D eigenvalue weighted by Crippen LogP contribution is -2.22. The van der Waals surface area contributed by atoms with Gasteiger partial charge in [0.1, 0.15) is 0 Å². The minimum Gasteiger partial charge on any atom is -0.309 e. The van der Waals surface area contributed by atoms with Crippen molar-refractivity contribution in [1.29, 1.82) is 0 Å². The van der Waals surface area contributed by atoms with Crippen molar-refractivity contribution in [3.8, 4) is 0 Å². The molecule has 2 heteroatoms. The van der Waals surface area contributed by atoms with E-state index in [0.717, 1.165) is 24.2 Å². The molecule has 1 aromatic heterocycles. The number of nitrogens with zero attached hydrogens (tertiary/aromatic N) is 1. The fourth-order valence-corrected chi connectivity index (χ4v) is 2.43. The zero-order chi connectivity index (χ0) is 13.8. The molecular formula is C17H22N2. The van der Waals surface area contributed by atoms with Gasteiger partial charge in [-0.05, 0) is 44.5 Å². The molecule has 2 nitrogen and oxygen atoms in total. The Bertz CT molecular complexity index is 587. The largest absolute Gasteiger partial charge is 0.309 e. The van der Waals surface area contributed by atoms with E-state index in [2.05, 4.69) is 56.9 Å². The highest BCUT2D eigenvalue weighted by Gasteiger charge is 2.13. The molecule has 0 spiro atoms. The maximum absolute atomic E-state index is 4.80. The van der Waals surface area contributed by atoms with E-state index in [-0.39, 0.29) is 6.04 Å². The summed E-state index contributed by atoms with van der Waals surface area (Å²) < 4.78 is 0. The number of rotatable bonds is 5. The van der Waals surface area contributed by atoms with E-state index in [9.17, 15) is 0 Å². The summed E-state index contributed by atoms with van der Waals surface area (Å²) in [6.07, 6.45) is 0.929. The molecule has 1 atom stereocenters. The third kappa shape index (κ3) is 3.21. The lowest BCUT2D eigenvalue weighted by atomic mass is 10.0. The van der Waals surface area contributed by atoms with Crippen LogP contribution in [-0.4, -0.2) is 11.5 Å². The van der Waals surface area contributed by atoms with Crippen LogP contribution in [0.15, 0.2) is 42.5 Å². The summed E-state index contributed by atoms with van der Waals surface area (Å²) >= 11 is 0. The molecule has 100 valence electrons. The quantitative estimate of drug-likeness (QED) is 0.810. The Balaban J connectivity index is 2.44. The standard InChI is InChI=1S/C17H22N2/c1-5-18-16(10-12(2)3)17-11-13(4)14-8-6-7-9-15(14)19-17/h6-9,11,16,18H,2,5,10H2,1,3-4H3. The number of hydrogen-bond donors (Lipinski definition) is 1. The molecule has 1 N–H and O–H groups in total. The topological polar surface area (TPSA) is 24.9 Å². The molecule has 0 amide bonds. The summed E-state index contributed by atoms with van der Waals surface area (Å²) in [5.74, 6) is 0. The normalized spacial score (nSPS) is 12.6.